The maximum Gasteiger partial charge on any atom is 0.328 e. The molecule has 2 rings (SSSR count). The lowest BCUT2D eigenvalue weighted by Crippen LogP contribution is -2.39. The minimum Gasteiger partial charge on any atom is -0.478 e. The molecule has 4 nitrogen and oxygen atoms in total. The number of benzene rings is 1. The van der Waals surface area contributed by atoms with Gasteiger partial charge in [-0.15, -0.1) is 0 Å². The first-order valence-electron chi connectivity index (χ1n) is 6.58. The van der Waals surface area contributed by atoms with Crippen LogP contribution in [0.3, 0.4) is 0 Å². The maximum absolute atomic E-state index is 10.5. The quantitative estimate of drug-likeness (QED) is 0.856. The number of carboxylic acids is 1. The Hall–Kier alpha value is -1.33. The van der Waals surface area contributed by atoms with Gasteiger partial charge in [0.05, 0.1) is 6.10 Å². The van der Waals surface area contributed by atoms with E-state index in [-0.39, 0.29) is 6.10 Å². The molecule has 1 N–H and O–H groups in total. The van der Waals surface area contributed by atoms with Crippen molar-refractivity contribution in [2.24, 2.45) is 0 Å². The molecule has 1 aromatic carbocycles. The molecular weight excluding hydrogens is 322 g/mol. The van der Waals surface area contributed by atoms with Crippen molar-refractivity contribution < 1.29 is 14.6 Å². The Bertz CT molecular complexity index is 516. The van der Waals surface area contributed by atoms with E-state index in [1.165, 1.54) is 0 Å². The molecule has 20 heavy (non-hydrogen) atoms. The minimum atomic E-state index is -0.944. The van der Waals surface area contributed by atoms with E-state index < -0.39 is 5.97 Å². The number of methoxy groups -OCH3 is 1. The number of carboxylic acid groups (broad SMARTS) is 1. The van der Waals surface area contributed by atoms with Crippen molar-refractivity contribution in [1.82, 2.24) is 0 Å². The fourth-order valence-electron chi connectivity index (χ4n) is 2.37. The summed E-state index contributed by atoms with van der Waals surface area (Å²) in [5, 5.41) is 8.66. The van der Waals surface area contributed by atoms with Crippen molar-refractivity contribution in [2.45, 2.75) is 18.9 Å². The van der Waals surface area contributed by atoms with E-state index in [1.807, 2.05) is 18.2 Å². The van der Waals surface area contributed by atoms with Crippen molar-refractivity contribution in [2.75, 3.05) is 25.1 Å². The van der Waals surface area contributed by atoms with Crippen molar-refractivity contribution >= 4 is 33.7 Å². The fourth-order valence-corrected chi connectivity index (χ4v) is 2.87. The third-order valence-corrected chi connectivity index (χ3v) is 4.15. The third kappa shape index (κ3) is 3.84. The zero-order valence-electron chi connectivity index (χ0n) is 11.4. The Kier molecular flexibility index (Phi) is 5.20. The number of hydrogen-bond donors (Lipinski definition) is 1. The second-order valence-electron chi connectivity index (χ2n) is 4.82. The summed E-state index contributed by atoms with van der Waals surface area (Å²) in [5.74, 6) is -0.944. The zero-order valence-corrected chi connectivity index (χ0v) is 13.0. The number of hydrogen-bond acceptors (Lipinski definition) is 3. The Morgan fingerprint density at radius 3 is 3.00 bits per heavy atom. The monoisotopic (exact) mass is 339 g/mol. The summed E-state index contributed by atoms with van der Waals surface area (Å²) in [6, 6.07) is 5.97. The lowest BCUT2D eigenvalue weighted by molar-refractivity contribution is -0.131. The third-order valence-electron chi connectivity index (χ3n) is 3.47. The summed E-state index contributed by atoms with van der Waals surface area (Å²) in [6.45, 7) is 1.92. The summed E-state index contributed by atoms with van der Waals surface area (Å²) in [7, 11) is 1.75. The van der Waals surface area contributed by atoms with Crippen LogP contribution in [0.2, 0.25) is 0 Å². The van der Waals surface area contributed by atoms with E-state index in [4.69, 9.17) is 9.84 Å². The highest BCUT2D eigenvalue weighted by molar-refractivity contribution is 9.10. The molecular formula is C15H18BrNO3. The summed E-state index contributed by atoms with van der Waals surface area (Å²) in [4.78, 5) is 12.8. The van der Waals surface area contributed by atoms with Crippen LogP contribution in [0.25, 0.3) is 6.08 Å². The van der Waals surface area contributed by atoms with Crippen LogP contribution >= 0.6 is 15.9 Å². The molecule has 1 aromatic rings. The smallest absolute Gasteiger partial charge is 0.328 e. The van der Waals surface area contributed by atoms with E-state index in [1.54, 1.807) is 13.2 Å². The van der Waals surface area contributed by atoms with Crippen LogP contribution in [0.4, 0.5) is 5.69 Å². The predicted octanol–water partition coefficient (Wildman–Crippen LogP) is 3.16. The van der Waals surface area contributed by atoms with Gasteiger partial charge in [-0.3, -0.25) is 0 Å². The molecule has 1 aliphatic heterocycles. The lowest BCUT2D eigenvalue weighted by atomic mass is 10.1. The average Bonchev–Trinajstić information content (AvgIpc) is 2.46. The SMILES string of the molecule is COC1CCCN(c2ccc(/C=C/C(=O)O)c(Br)c2)C1. The van der Waals surface area contributed by atoms with Crippen molar-refractivity contribution in [3.63, 3.8) is 0 Å². The molecule has 0 amide bonds. The normalized spacial score (nSPS) is 19.5. The number of aliphatic carboxylic acids is 1. The van der Waals surface area contributed by atoms with Gasteiger partial charge < -0.3 is 14.7 Å². The summed E-state index contributed by atoms with van der Waals surface area (Å²) >= 11 is 3.49. The number of rotatable bonds is 4. The Balaban J connectivity index is 2.14. The van der Waals surface area contributed by atoms with E-state index in [2.05, 4.69) is 20.8 Å². The molecule has 0 aromatic heterocycles. The van der Waals surface area contributed by atoms with Crippen molar-refractivity contribution in [1.29, 1.82) is 0 Å². The van der Waals surface area contributed by atoms with Gasteiger partial charge in [0.1, 0.15) is 0 Å². The van der Waals surface area contributed by atoms with Crippen LogP contribution in [0, 0.1) is 0 Å². The predicted molar refractivity (Wildman–Crippen MR) is 83.1 cm³/mol. The van der Waals surface area contributed by atoms with Crippen LogP contribution in [0.1, 0.15) is 18.4 Å². The summed E-state index contributed by atoms with van der Waals surface area (Å²) in [6.07, 6.45) is 5.24. The number of carbonyl (C=O) groups is 1. The van der Waals surface area contributed by atoms with Gasteiger partial charge in [-0.05, 0) is 36.6 Å². The first kappa shape index (κ1) is 15.1. The van der Waals surface area contributed by atoms with E-state index in [9.17, 15) is 4.79 Å². The summed E-state index contributed by atoms with van der Waals surface area (Å²) in [5.41, 5.74) is 1.99. The fraction of sp³-hybridized carbons (Fsp3) is 0.400. The Morgan fingerprint density at radius 2 is 2.35 bits per heavy atom. The van der Waals surface area contributed by atoms with E-state index in [0.717, 1.165) is 47.7 Å². The number of anilines is 1. The number of halogens is 1. The number of piperidine rings is 1. The second kappa shape index (κ2) is 6.90. The molecule has 1 saturated heterocycles. The zero-order chi connectivity index (χ0) is 14.5. The van der Waals surface area contributed by atoms with Gasteiger partial charge in [0.25, 0.3) is 0 Å². The average molecular weight is 340 g/mol. The van der Waals surface area contributed by atoms with Crippen molar-refractivity contribution in [3.05, 3.63) is 34.3 Å². The van der Waals surface area contributed by atoms with Gasteiger partial charge in [0.15, 0.2) is 0 Å². The van der Waals surface area contributed by atoms with Gasteiger partial charge >= 0.3 is 5.97 Å². The van der Waals surface area contributed by atoms with Gasteiger partial charge in [0.2, 0.25) is 0 Å². The lowest BCUT2D eigenvalue weighted by Gasteiger charge is -2.33. The molecule has 0 radical (unpaired) electrons. The highest BCUT2D eigenvalue weighted by Gasteiger charge is 2.19. The first-order chi connectivity index (χ1) is 9.60. The number of nitrogens with zero attached hydrogens (tertiary/aromatic N) is 1. The minimum absolute atomic E-state index is 0.286. The largest absolute Gasteiger partial charge is 0.478 e. The molecule has 1 atom stereocenters. The van der Waals surface area contributed by atoms with Gasteiger partial charge in [0, 0.05) is 36.4 Å². The molecule has 0 aliphatic carbocycles. The highest BCUT2D eigenvalue weighted by Crippen LogP contribution is 2.27. The summed E-state index contributed by atoms with van der Waals surface area (Å²) < 4.78 is 6.33. The molecule has 1 unspecified atom stereocenters. The first-order valence-corrected chi connectivity index (χ1v) is 7.37. The standard InChI is InChI=1S/C15H18BrNO3/c1-20-13-3-2-8-17(10-13)12-6-4-11(14(16)9-12)5-7-15(18)19/h4-7,9,13H,2-3,8,10H2,1H3,(H,18,19)/b7-5+. The van der Waals surface area contributed by atoms with Crippen LogP contribution in [-0.4, -0.2) is 37.4 Å². The highest BCUT2D eigenvalue weighted by atomic mass is 79.9. The van der Waals surface area contributed by atoms with Crippen LogP contribution in [-0.2, 0) is 9.53 Å². The molecule has 1 fully saturated rings. The van der Waals surface area contributed by atoms with E-state index >= 15 is 0 Å². The maximum atomic E-state index is 10.5. The topological polar surface area (TPSA) is 49.8 Å². The Morgan fingerprint density at radius 1 is 1.55 bits per heavy atom. The van der Waals surface area contributed by atoms with Gasteiger partial charge in [-0.2, -0.15) is 0 Å². The molecule has 1 heterocycles. The van der Waals surface area contributed by atoms with Crippen LogP contribution in [0.15, 0.2) is 28.7 Å². The molecule has 0 spiro atoms. The number of ether oxygens (including phenoxy) is 1. The second-order valence-corrected chi connectivity index (χ2v) is 5.68. The van der Waals surface area contributed by atoms with E-state index in [0.29, 0.717) is 0 Å². The van der Waals surface area contributed by atoms with Gasteiger partial charge in [-0.1, -0.05) is 22.0 Å². The molecule has 5 heteroatoms. The molecule has 0 saturated carbocycles. The van der Waals surface area contributed by atoms with Crippen LogP contribution < -0.4 is 4.90 Å². The molecule has 108 valence electrons. The molecule has 1 aliphatic rings. The Labute approximate surface area is 127 Å². The van der Waals surface area contributed by atoms with Crippen LogP contribution in [0.5, 0.6) is 0 Å². The van der Waals surface area contributed by atoms with Crippen molar-refractivity contribution in [3.8, 4) is 0 Å². The molecule has 0 bridgehead atoms. The van der Waals surface area contributed by atoms with Gasteiger partial charge in [-0.25, -0.2) is 4.79 Å².